The first-order chi connectivity index (χ1) is 10.9. The number of sulfone groups is 1. The smallest absolute Gasteiger partial charge is 0.254 e. The number of piperazine rings is 1. The molecule has 2 aliphatic rings. The summed E-state index contributed by atoms with van der Waals surface area (Å²) in [6.45, 7) is 6.82. The fourth-order valence-electron chi connectivity index (χ4n) is 3.49. The van der Waals surface area contributed by atoms with E-state index in [1.165, 1.54) is 0 Å². The summed E-state index contributed by atoms with van der Waals surface area (Å²) >= 11 is 0. The highest BCUT2D eigenvalue weighted by atomic mass is 32.2. The van der Waals surface area contributed by atoms with Gasteiger partial charge in [0.1, 0.15) is 0 Å². The second-order valence-electron chi connectivity index (χ2n) is 6.70. The molecule has 1 amide bonds. The van der Waals surface area contributed by atoms with Crippen LogP contribution in [-0.2, 0) is 9.84 Å². The molecule has 0 aromatic heterocycles. The van der Waals surface area contributed by atoms with Crippen LogP contribution in [-0.4, -0.2) is 67.9 Å². The largest absolute Gasteiger partial charge is 0.336 e. The average Bonchev–Trinajstić information content (AvgIpc) is 2.89. The second kappa shape index (κ2) is 6.24. The molecule has 0 N–H and O–H groups in total. The standard InChI is InChI=1S/C17H24N2O3S/c1-13-3-4-14(2)16(11-13)17(20)19-8-6-18(7-9-19)15-5-10-23(21,22)12-15/h3-4,11,15H,5-10,12H2,1-2H3/t15-/m1/s1. The Balaban J connectivity index is 1.63. The Bertz CT molecular complexity index is 707. The molecule has 0 bridgehead atoms. The molecule has 0 aliphatic carbocycles. The van der Waals surface area contributed by atoms with Gasteiger partial charge in [0.05, 0.1) is 11.5 Å². The summed E-state index contributed by atoms with van der Waals surface area (Å²) in [4.78, 5) is 16.8. The van der Waals surface area contributed by atoms with Crippen LogP contribution >= 0.6 is 0 Å². The first-order valence-electron chi connectivity index (χ1n) is 8.17. The maximum absolute atomic E-state index is 12.7. The zero-order chi connectivity index (χ0) is 16.6. The summed E-state index contributed by atoms with van der Waals surface area (Å²) in [6.07, 6.45) is 0.729. The van der Waals surface area contributed by atoms with Crippen molar-refractivity contribution in [1.82, 2.24) is 9.80 Å². The van der Waals surface area contributed by atoms with Crippen LogP contribution in [0.1, 0.15) is 27.9 Å². The Morgan fingerprint density at radius 1 is 1.13 bits per heavy atom. The minimum atomic E-state index is -2.85. The molecule has 23 heavy (non-hydrogen) atoms. The fraction of sp³-hybridized carbons (Fsp3) is 0.588. The lowest BCUT2D eigenvalue weighted by atomic mass is 10.0. The molecule has 3 rings (SSSR count). The van der Waals surface area contributed by atoms with Crippen molar-refractivity contribution in [1.29, 1.82) is 0 Å². The number of carbonyl (C=O) groups is 1. The van der Waals surface area contributed by atoms with E-state index in [-0.39, 0.29) is 17.7 Å². The summed E-state index contributed by atoms with van der Waals surface area (Å²) in [6, 6.07) is 6.10. The normalized spacial score (nSPS) is 24.8. The number of amides is 1. The van der Waals surface area contributed by atoms with Crippen molar-refractivity contribution < 1.29 is 13.2 Å². The summed E-state index contributed by atoms with van der Waals surface area (Å²) in [5.41, 5.74) is 2.88. The van der Waals surface area contributed by atoms with Crippen LogP contribution in [0.2, 0.25) is 0 Å². The zero-order valence-electron chi connectivity index (χ0n) is 13.8. The number of benzene rings is 1. The van der Waals surface area contributed by atoms with Crippen LogP contribution in [0.15, 0.2) is 18.2 Å². The van der Waals surface area contributed by atoms with E-state index in [0.717, 1.165) is 36.2 Å². The lowest BCUT2D eigenvalue weighted by molar-refractivity contribution is 0.0587. The van der Waals surface area contributed by atoms with Gasteiger partial charge in [0.2, 0.25) is 0 Å². The van der Waals surface area contributed by atoms with E-state index < -0.39 is 9.84 Å². The van der Waals surface area contributed by atoms with E-state index in [1.807, 2.05) is 36.9 Å². The first kappa shape index (κ1) is 16.5. The minimum Gasteiger partial charge on any atom is -0.336 e. The van der Waals surface area contributed by atoms with Gasteiger partial charge in [-0.05, 0) is 31.9 Å². The highest BCUT2D eigenvalue weighted by molar-refractivity contribution is 7.91. The Labute approximate surface area is 138 Å². The van der Waals surface area contributed by atoms with Crippen LogP contribution < -0.4 is 0 Å². The van der Waals surface area contributed by atoms with Crippen molar-refractivity contribution >= 4 is 15.7 Å². The monoisotopic (exact) mass is 336 g/mol. The lowest BCUT2D eigenvalue weighted by Gasteiger charge is -2.37. The van der Waals surface area contributed by atoms with Crippen molar-refractivity contribution in [2.45, 2.75) is 26.3 Å². The zero-order valence-corrected chi connectivity index (χ0v) is 14.6. The Morgan fingerprint density at radius 3 is 2.43 bits per heavy atom. The lowest BCUT2D eigenvalue weighted by Crippen LogP contribution is -2.52. The van der Waals surface area contributed by atoms with Crippen molar-refractivity contribution in [3.63, 3.8) is 0 Å². The third kappa shape index (κ3) is 3.58. The first-order valence-corrected chi connectivity index (χ1v) is 9.99. The number of aryl methyl sites for hydroxylation is 2. The third-order valence-electron chi connectivity index (χ3n) is 4.95. The Hall–Kier alpha value is -1.40. The summed E-state index contributed by atoms with van der Waals surface area (Å²) in [5, 5.41) is 0. The fourth-order valence-corrected chi connectivity index (χ4v) is 5.25. The van der Waals surface area contributed by atoms with Crippen LogP contribution in [0.5, 0.6) is 0 Å². The SMILES string of the molecule is Cc1ccc(C)c(C(=O)N2CCN([C@@H]3CCS(=O)(=O)C3)CC2)c1. The van der Waals surface area contributed by atoms with Gasteiger partial charge in [-0.15, -0.1) is 0 Å². The molecule has 0 unspecified atom stereocenters. The van der Waals surface area contributed by atoms with Crippen molar-refractivity contribution in [3.8, 4) is 0 Å². The molecule has 126 valence electrons. The van der Waals surface area contributed by atoms with Gasteiger partial charge in [-0.1, -0.05) is 17.7 Å². The number of hydrogen-bond acceptors (Lipinski definition) is 4. The molecule has 6 heteroatoms. The van der Waals surface area contributed by atoms with Crippen molar-refractivity contribution in [3.05, 3.63) is 34.9 Å². The second-order valence-corrected chi connectivity index (χ2v) is 8.93. The van der Waals surface area contributed by atoms with E-state index >= 15 is 0 Å². The Kier molecular flexibility index (Phi) is 4.47. The molecule has 1 atom stereocenters. The molecule has 1 aromatic rings. The van der Waals surface area contributed by atoms with Gasteiger partial charge in [0, 0.05) is 37.8 Å². The predicted octanol–water partition coefficient (Wildman–Crippen LogP) is 1.25. The maximum Gasteiger partial charge on any atom is 0.254 e. The van der Waals surface area contributed by atoms with Gasteiger partial charge < -0.3 is 4.90 Å². The molecular weight excluding hydrogens is 312 g/mol. The van der Waals surface area contributed by atoms with Crippen molar-refractivity contribution in [2.24, 2.45) is 0 Å². The molecule has 2 heterocycles. The predicted molar refractivity (Wildman–Crippen MR) is 90.5 cm³/mol. The molecule has 0 saturated carbocycles. The molecule has 5 nitrogen and oxygen atoms in total. The molecular formula is C17H24N2O3S. The van der Waals surface area contributed by atoms with Gasteiger partial charge in [-0.25, -0.2) is 8.42 Å². The number of hydrogen-bond donors (Lipinski definition) is 0. The van der Waals surface area contributed by atoms with Gasteiger partial charge in [0.25, 0.3) is 5.91 Å². The van der Waals surface area contributed by atoms with Crippen LogP contribution in [0.3, 0.4) is 0 Å². The van der Waals surface area contributed by atoms with E-state index in [2.05, 4.69) is 4.90 Å². The summed E-state index contributed by atoms with van der Waals surface area (Å²) in [5.74, 6) is 0.668. The molecule has 1 aromatic carbocycles. The minimum absolute atomic E-state index is 0.0879. The van der Waals surface area contributed by atoms with E-state index in [0.29, 0.717) is 18.8 Å². The quantitative estimate of drug-likeness (QED) is 0.816. The van der Waals surface area contributed by atoms with E-state index in [1.54, 1.807) is 0 Å². The van der Waals surface area contributed by atoms with Gasteiger partial charge in [-0.2, -0.15) is 0 Å². The van der Waals surface area contributed by atoms with Crippen LogP contribution in [0, 0.1) is 13.8 Å². The summed E-state index contributed by atoms with van der Waals surface area (Å²) in [7, 11) is -2.85. The molecule has 2 saturated heterocycles. The number of rotatable bonds is 2. The topological polar surface area (TPSA) is 57.7 Å². The molecule has 0 radical (unpaired) electrons. The average molecular weight is 336 g/mol. The van der Waals surface area contributed by atoms with Crippen LogP contribution in [0.4, 0.5) is 0 Å². The van der Waals surface area contributed by atoms with Crippen molar-refractivity contribution in [2.75, 3.05) is 37.7 Å². The molecule has 2 fully saturated rings. The third-order valence-corrected chi connectivity index (χ3v) is 6.70. The highest BCUT2D eigenvalue weighted by Crippen LogP contribution is 2.20. The highest BCUT2D eigenvalue weighted by Gasteiger charge is 2.34. The van der Waals surface area contributed by atoms with Gasteiger partial charge in [-0.3, -0.25) is 9.69 Å². The van der Waals surface area contributed by atoms with Crippen LogP contribution in [0.25, 0.3) is 0 Å². The number of nitrogens with zero attached hydrogens (tertiary/aromatic N) is 2. The van der Waals surface area contributed by atoms with Gasteiger partial charge in [0.15, 0.2) is 9.84 Å². The van der Waals surface area contributed by atoms with E-state index in [4.69, 9.17) is 0 Å². The number of carbonyl (C=O) groups excluding carboxylic acids is 1. The molecule has 2 aliphatic heterocycles. The van der Waals surface area contributed by atoms with E-state index in [9.17, 15) is 13.2 Å². The molecule has 0 spiro atoms. The maximum atomic E-state index is 12.7. The Morgan fingerprint density at radius 2 is 1.83 bits per heavy atom. The summed E-state index contributed by atoms with van der Waals surface area (Å²) < 4.78 is 23.2. The van der Waals surface area contributed by atoms with Gasteiger partial charge >= 0.3 is 0 Å².